The highest BCUT2D eigenvalue weighted by Crippen LogP contribution is 2.45. The van der Waals surface area contributed by atoms with Gasteiger partial charge in [-0.15, -0.1) is 0 Å². The van der Waals surface area contributed by atoms with Gasteiger partial charge in [0.15, 0.2) is 34.9 Å². The lowest BCUT2D eigenvalue weighted by atomic mass is 10.0. The third-order valence-electron chi connectivity index (χ3n) is 18.5. The van der Waals surface area contributed by atoms with Gasteiger partial charge in [0, 0.05) is 66.0 Å². The first-order valence-corrected chi connectivity index (χ1v) is 32.1. The van der Waals surface area contributed by atoms with Crippen LogP contribution in [0.2, 0.25) is 0 Å². The molecule has 0 N–H and O–H groups in total. The van der Waals surface area contributed by atoms with Gasteiger partial charge in [0.2, 0.25) is 0 Å². The van der Waals surface area contributed by atoms with E-state index < -0.39 is 0 Å². The second kappa shape index (κ2) is 22.3. The Hall–Kier alpha value is -13.2. The summed E-state index contributed by atoms with van der Waals surface area (Å²) in [5.41, 5.74) is 15.7. The van der Waals surface area contributed by atoms with Crippen molar-refractivity contribution in [3.8, 4) is 79.7 Å². The van der Waals surface area contributed by atoms with Crippen LogP contribution in [0.4, 0.5) is 0 Å². The lowest BCUT2D eigenvalue weighted by Gasteiger charge is -2.15. The molecule has 0 fully saturated rings. The fraction of sp³-hybridized carbons (Fsp3) is 0. The second-order valence-electron chi connectivity index (χ2n) is 24.1. The van der Waals surface area contributed by atoms with Crippen LogP contribution in [0.25, 0.3) is 189 Å². The number of para-hydroxylation sites is 2. The molecule has 6 heterocycles. The Morgan fingerprint density at radius 1 is 0.219 bits per heavy atom. The average Bonchev–Trinajstić information content (AvgIpc) is 1.56. The monoisotopic (exact) mass is 1230 g/mol. The maximum atomic E-state index is 6.59. The first-order valence-electron chi connectivity index (χ1n) is 32.1. The van der Waals surface area contributed by atoms with Crippen molar-refractivity contribution in [1.29, 1.82) is 0 Å². The van der Waals surface area contributed by atoms with Gasteiger partial charge in [-0.3, -0.25) is 0 Å². The van der Waals surface area contributed by atoms with Gasteiger partial charge < -0.3 is 18.0 Å². The predicted molar refractivity (Wildman–Crippen MR) is 391 cm³/mol. The highest BCUT2D eigenvalue weighted by Gasteiger charge is 2.24. The van der Waals surface area contributed by atoms with E-state index in [4.69, 9.17) is 38.7 Å². The van der Waals surface area contributed by atoms with Crippen molar-refractivity contribution in [3.63, 3.8) is 0 Å². The van der Waals surface area contributed by atoms with Crippen LogP contribution in [0.1, 0.15) is 0 Å². The lowest BCUT2D eigenvalue weighted by molar-refractivity contribution is 0.663. The maximum Gasteiger partial charge on any atom is 0.164 e. The Bertz CT molecular complexity index is 6400. The summed E-state index contributed by atoms with van der Waals surface area (Å²) < 4.78 is 17.8. The smallest absolute Gasteiger partial charge is 0.164 e. The van der Waals surface area contributed by atoms with Crippen LogP contribution < -0.4 is 0 Å². The summed E-state index contributed by atoms with van der Waals surface area (Å²) in [6.45, 7) is 0. The molecular formula is C86H52N8O2. The molecular weight excluding hydrogens is 1180 g/mol. The van der Waals surface area contributed by atoms with E-state index in [1.54, 1.807) is 0 Å². The average molecular weight is 1230 g/mol. The fourth-order valence-corrected chi connectivity index (χ4v) is 14.1. The van der Waals surface area contributed by atoms with Gasteiger partial charge in [-0.2, -0.15) is 0 Å². The number of benzene rings is 14. The van der Waals surface area contributed by atoms with Crippen molar-refractivity contribution in [2.45, 2.75) is 0 Å². The molecule has 0 aliphatic heterocycles. The summed E-state index contributed by atoms with van der Waals surface area (Å²) >= 11 is 0. The minimum Gasteiger partial charge on any atom is -0.456 e. The molecule has 20 aromatic rings. The van der Waals surface area contributed by atoms with E-state index in [0.717, 1.165) is 127 Å². The molecule has 10 heteroatoms. The van der Waals surface area contributed by atoms with Crippen molar-refractivity contribution < 1.29 is 8.83 Å². The van der Waals surface area contributed by atoms with Gasteiger partial charge in [-0.25, -0.2) is 29.9 Å². The molecule has 6 aromatic heterocycles. The minimum atomic E-state index is 0.629. The highest BCUT2D eigenvalue weighted by atomic mass is 16.3. The number of hydrogen-bond donors (Lipinski definition) is 0. The number of hydrogen-bond acceptors (Lipinski definition) is 8. The molecule has 10 nitrogen and oxygen atoms in total. The zero-order chi connectivity index (χ0) is 63.2. The Labute approximate surface area is 549 Å². The molecule has 14 aromatic carbocycles. The van der Waals surface area contributed by atoms with Crippen molar-refractivity contribution in [2.24, 2.45) is 0 Å². The fourth-order valence-electron chi connectivity index (χ4n) is 14.1. The molecule has 0 saturated heterocycles. The van der Waals surface area contributed by atoms with Crippen molar-refractivity contribution in [1.82, 2.24) is 39.0 Å². The number of aromatic nitrogens is 8. The van der Waals surface area contributed by atoms with Crippen molar-refractivity contribution in [2.75, 3.05) is 0 Å². The SMILES string of the molecule is c1ccc(-c2nc(-c3ccc(-n4c5cccc6oc7ccccc7c7cccc4c7c65)cc3)nc(-c3ccc4ccccc4c3)n2)cc1.c1ccc(-c2nc(-c3ccccc3)nc(-c3ccc(-n4c5cccc6oc7ccccc7c7cccc4c7c65)c4ccccc34)n2)cc1. The molecule has 0 aliphatic carbocycles. The Morgan fingerprint density at radius 2 is 0.594 bits per heavy atom. The summed E-state index contributed by atoms with van der Waals surface area (Å²) in [6.07, 6.45) is 0. The molecule has 20 rings (SSSR count). The molecule has 0 radical (unpaired) electrons. The van der Waals surface area contributed by atoms with Crippen LogP contribution in [0, 0.1) is 0 Å². The maximum absolute atomic E-state index is 6.59. The van der Waals surface area contributed by atoms with Gasteiger partial charge in [0.25, 0.3) is 0 Å². The van der Waals surface area contributed by atoms with Crippen LogP contribution in [0.3, 0.4) is 0 Å². The number of fused-ring (bicyclic) bond motifs is 6. The standard InChI is InChI=1S/2C43H26N4O/c1-3-13-27(14-4-1)41-44-42(28-15-5-2-6-16-28)46-43(45-41)33-25-26-34(30-18-8-7-17-29(30)33)47-35-21-11-20-32-31-19-9-10-23-37(31)48-38-24-12-22-36(47)40(38)39(32)35;1-2-11-28(12-3-1)41-44-42(46-43(45-41)31-21-20-27-10-4-5-13-30(27)26-31)29-22-24-32(25-23-29)47-35-16-8-15-34-33-14-6-7-18-37(33)48-38-19-9-17-36(47)40(38)39(34)35/h2*1-26H. The molecule has 96 heavy (non-hydrogen) atoms. The van der Waals surface area contributed by atoms with Gasteiger partial charge in [0.05, 0.1) is 38.5 Å². The molecule has 0 saturated carbocycles. The molecule has 448 valence electrons. The molecule has 0 spiro atoms. The Balaban J connectivity index is 0.000000135. The molecule has 0 bridgehead atoms. The van der Waals surface area contributed by atoms with Crippen LogP contribution in [0.15, 0.2) is 324 Å². The minimum absolute atomic E-state index is 0.629. The normalized spacial score (nSPS) is 11.8. The van der Waals surface area contributed by atoms with Crippen molar-refractivity contribution in [3.05, 3.63) is 315 Å². The summed E-state index contributed by atoms with van der Waals surface area (Å²) in [5.74, 6) is 3.84. The second-order valence-corrected chi connectivity index (χ2v) is 24.1. The van der Waals surface area contributed by atoms with Gasteiger partial charge in [0.1, 0.15) is 22.3 Å². The van der Waals surface area contributed by atoms with Gasteiger partial charge in [-0.1, -0.05) is 224 Å². The number of nitrogens with zero attached hydrogens (tertiary/aromatic N) is 8. The van der Waals surface area contributed by atoms with Gasteiger partial charge >= 0.3 is 0 Å². The summed E-state index contributed by atoms with van der Waals surface area (Å²) in [4.78, 5) is 30.0. The van der Waals surface area contributed by atoms with Gasteiger partial charge in [-0.05, 0) is 118 Å². The summed E-state index contributed by atoms with van der Waals surface area (Å²) in [6, 6.07) is 109. The Morgan fingerprint density at radius 3 is 1.14 bits per heavy atom. The molecule has 0 atom stereocenters. The molecule has 0 unspecified atom stereocenters. The van der Waals surface area contributed by atoms with E-state index in [1.165, 1.54) is 26.9 Å². The molecule has 0 aliphatic rings. The summed E-state index contributed by atoms with van der Waals surface area (Å²) in [5, 5.41) is 13.7. The Kier molecular flexibility index (Phi) is 12.7. The number of rotatable bonds is 8. The van der Waals surface area contributed by atoms with E-state index in [2.05, 4.69) is 209 Å². The van der Waals surface area contributed by atoms with E-state index in [9.17, 15) is 0 Å². The molecule has 0 amide bonds. The lowest BCUT2D eigenvalue weighted by Crippen LogP contribution is -2.01. The van der Waals surface area contributed by atoms with E-state index in [1.807, 2.05) is 115 Å². The first kappa shape index (κ1) is 54.5. The van der Waals surface area contributed by atoms with Crippen LogP contribution >= 0.6 is 0 Å². The van der Waals surface area contributed by atoms with Crippen LogP contribution in [-0.4, -0.2) is 39.0 Å². The van der Waals surface area contributed by atoms with E-state index in [-0.39, 0.29) is 0 Å². The zero-order valence-corrected chi connectivity index (χ0v) is 51.4. The third kappa shape index (κ3) is 9.03. The largest absolute Gasteiger partial charge is 0.456 e. The van der Waals surface area contributed by atoms with Crippen molar-refractivity contribution >= 4 is 109 Å². The first-order chi connectivity index (χ1) is 47.6. The third-order valence-corrected chi connectivity index (χ3v) is 18.5. The highest BCUT2D eigenvalue weighted by molar-refractivity contribution is 6.28. The van der Waals surface area contributed by atoms with Crippen LogP contribution in [-0.2, 0) is 0 Å². The zero-order valence-electron chi connectivity index (χ0n) is 51.4. The van der Waals surface area contributed by atoms with E-state index >= 15 is 0 Å². The van der Waals surface area contributed by atoms with Crippen LogP contribution in [0.5, 0.6) is 0 Å². The van der Waals surface area contributed by atoms with E-state index in [0.29, 0.717) is 34.9 Å². The summed E-state index contributed by atoms with van der Waals surface area (Å²) in [7, 11) is 0. The topological polar surface area (TPSA) is 113 Å². The predicted octanol–water partition coefficient (Wildman–Crippen LogP) is 22.0. The quantitative estimate of drug-likeness (QED) is 0.148.